The topological polar surface area (TPSA) is 85.2 Å². The van der Waals surface area contributed by atoms with Crippen LogP contribution in [0.1, 0.15) is 31.7 Å². The summed E-state index contributed by atoms with van der Waals surface area (Å²) < 4.78 is 7.65. The molecule has 1 aliphatic carbocycles. The average molecular weight is 370 g/mol. The van der Waals surface area contributed by atoms with Gasteiger partial charge in [-0.05, 0) is 38.8 Å². The molecule has 8 heteroatoms. The highest BCUT2D eigenvalue weighted by Crippen LogP contribution is 2.29. The van der Waals surface area contributed by atoms with Gasteiger partial charge in [0.05, 0.1) is 24.5 Å². The van der Waals surface area contributed by atoms with Crippen LogP contribution in [0, 0.1) is 0 Å². The van der Waals surface area contributed by atoms with Crippen molar-refractivity contribution in [2.24, 2.45) is 0 Å². The predicted octanol–water partition coefficient (Wildman–Crippen LogP) is 1.27. The Morgan fingerprint density at radius 1 is 1.30 bits per heavy atom. The van der Waals surface area contributed by atoms with E-state index in [2.05, 4.69) is 31.5 Å². The minimum Gasteiger partial charge on any atom is -0.366 e. The number of likely N-dealkylation sites (N-methyl/N-ethyl adjacent to an activating group) is 1. The van der Waals surface area contributed by atoms with E-state index in [0.717, 1.165) is 43.5 Å². The van der Waals surface area contributed by atoms with Gasteiger partial charge >= 0.3 is 0 Å². The van der Waals surface area contributed by atoms with Gasteiger partial charge in [0.15, 0.2) is 0 Å². The normalized spacial score (nSPS) is 26.6. The number of morpholine rings is 1. The Hall–Kier alpha value is -2.32. The van der Waals surface area contributed by atoms with Crippen LogP contribution in [0.4, 0.5) is 0 Å². The second kappa shape index (κ2) is 8.14. The van der Waals surface area contributed by atoms with Crippen molar-refractivity contribution in [3.05, 3.63) is 31.0 Å². The number of hydrogen-bond acceptors (Lipinski definition) is 6. The number of carbonyl (C=O) groups excluding carboxylic acids is 1. The van der Waals surface area contributed by atoms with Crippen molar-refractivity contribution in [3.63, 3.8) is 0 Å². The summed E-state index contributed by atoms with van der Waals surface area (Å²) in [5, 5.41) is 7.70. The Labute approximate surface area is 158 Å². The maximum absolute atomic E-state index is 12.4. The molecule has 2 aromatic heterocycles. The highest BCUT2D eigenvalue weighted by Gasteiger charge is 2.29. The number of nitrogens with one attached hydrogen (secondary N) is 1. The number of hydrogen-bond donors (Lipinski definition) is 1. The van der Waals surface area contributed by atoms with E-state index in [1.165, 1.54) is 0 Å². The largest absolute Gasteiger partial charge is 0.366 e. The van der Waals surface area contributed by atoms with Gasteiger partial charge in [-0.15, -0.1) is 0 Å². The molecule has 2 fully saturated rings. The van der Waals surface area contributed by atoms with Crippen molar-refractivity contribution in [1.82, 2.24) is 30.0 Å². The number of carbonyl (C=O) groups is 1. The van der Waals surface area contributed by atoms with E-state index in [4.69, 9.17) is 4.74 Å². The zero-order valence-electron chi connectivity index (χ0n) is 15.6. The van der Waals surface area contributed by atoms with Gasteiger partial charge in [-0.3, -0.25) is 9.48 Å². The summed E-state index contributed by atoms with van der Waals surface area (Å²) >= 11 is 0. The monoisotopic (exact) mass is 370 g/mol. The maximum Gasteiger partial charge on any atom is 0.250 e. The van der Waals surface area contributed by atoms with Gasteiger partial charge in [-0.2, -0.15) is 5.10 Å². The maximum atomic E-state index is 12.4. The number of rotatable bonds is 4. The number of amides is 1. The molecule has 0 spiro atoms. The quantitative estimate of drug-likeness (QED) is 0.872. The highest BCUT2D eigenvalue weighted by atomic mass is 16.5. The Bertz CT molecular complexity index is 757. The molecule has 1 saturated heterocycles. The van der Waals surface area contributed by atoms with Crippen LogP contribution in [0.2, 0.25) is 0 Å². The summed E-state index contributed by atoms with van der Waals surface area (Å²) in [4.78, 5) is 22.8. The van der Waals surface area contributed by atoms with Gasteiger partial charge in [-0.25, -0.2) is 9.97 Å². The lowest BCUT2D eigenvalue weighted by Gasteiger charge is -2.33. The zero-order chi connectivity index (χ0) is 18.6. The minimum atomic E-state index is -0.344. The Morgan fingerprint density at radius 2 is 2.15 bits per heavy atom. The van der Waals surface area contributed by atoms with Crippen LogP contribution in [0.5, 0.6) is 0 Å². The molecule has 2 aromatic rings. The van der Waals surface area contributed by atoms with Crippen LogP contribution in [-0.4, -0.2) is 69.4 Å². The first-order valence-corrected chi connectivity index (χ1v) is 9.60. The van der Waals surface area contributed by atoms with Gasteiger partial charge in [0, 0.05) is 37.1 Å². The predicted molar refractivity (Wildman–Crippen MR) is 99.9 cm³/mol. The van der Waals surface area contributed by atoms with Crippen molar-refractivity contribution < 1.29 is 9.53 Å². The Kier molecular flexibility index (Phi) is 5.45. The fourth-order valence-electron chi connectivity index (χ4n) is 3.85. The molecule has 1 atom stereocenters. The second-order valence-corrected chi connectivity index (χ2v) is 7.44. The fraction of sp³-hybridized carbons (Fsp3) is 0.579. The van der Waals surface area contributed by atoms with E-state index in [1.807, 2.05) is 24.0 Å². The third-order valence-electron chi connectivity index (χ3n) is 5.46. The molecule has 27 heavy (non-hydrogen) atoms. The van der Waals surface area contributed by atoms with Crippen LogP contribution in [0.25, 0.3) is 11.3 Å². The zero-order valence-corrected chi connectivity index (χ0v) is 15.6. The lowest BCUT2D eigenvalue weighted by molar-refractivity contribution is -0.138. The van der Waals surface area contributed by atoms with Gasteiger partial charge in [-0.1, -0.05) is 0 Å². The SMILES string of the molecule is CN1CCOC(C(=O)NC2CCC(n3cc(-c4ccncn4)cn3)CC2)C1. The minimum absolute atomic E-state index is 0.0233. The molecule has 0 bridgehead atoms. The van der Waals surface area contributed by atoms with Gasteiger partial charge in [0.1, 0.15) is 12.4 Å². The summed E-state index contributed by atoms with van der Waals surface area (Å²) in [5.41, 5.74) is 1.89. The number of aromatic nitrogens is 4. The lowest BCUT2D eigenvalue weighted by atomic mass is 9.91. The van der Waals surface area contributed by atoms with E-state index in [9.17, 15) is 4.79 Å². The molecule has 3 heterocycles. The molecule has 1 N–H and O–H groups in total. The first kappa shape index (κ1) is 18.1. The standard InChI is InChI=1S/C19H26N6O2/c1-24-8-9-27-18(12-24)19(26)23-15-2-4-16(5-3-15)25-11-14(10-22-25)17-6-7-20-13-21-17/h6-7,10-11,13,15-16,18H,2-5,8-9,12H2,1H3,(H,23,26). The van der Waals surface area contributed by atoms with Crippen LogP contribution < -0.4 is 5.32 Å². The first-order valence-electron chi connectivity index (χ1n) is 9.60. The Balaban J connectivity index is 1.29. The van der Waals surface area contributed by atoms with Gasteiger partial charge < -0.3 is 15.0 Å². The van der Waals surface area contributed by atoms with E-state index < -0.39 is 0 Å². The molecule has 1 aliphatic heterocycles. The number of nitrogens with zero attached hydrogens (tertiary/aromatic N) is 5. The molecule has 1 amide bonds. The summed E-state index contributed by atoms with van der Waals surface area (Å²) in [6.07, 6.45) is 10.8. The smallest absolute Gasteiger partial charge is 0.250 e. The molecule has 1 saturated carbocycles. The van der Waals surface area contributed by atoms with Crippen LogP contribution in [0.3, 0.4) is 0 Å². The molecule has 2 aliphatic rings. The summed E-state index contributed by atoms with van der Waals surface area (Å²) in [5.74, 6) is 0.0233. The first-order chi connectivity index (χ1) is 13.2. The molecule has 8 nitrogen and oxygen atoms in total. The summed E-state index contributed by atoms with van der Waals surface area (Å²) in [6.45, 7) is 2.17. The average Bonchev–Trinajstić information content (AvgIpc) is 3.19. The van der Waals surface area contributed by atoms with Crippen LogP contribution >= 0.6 is 0 Å². The molecular weight excluding hydrogens is 344 g/mol. The summed E-state index contributed by atoms with van der Waals surface area (Å²) in [6, 6.07) is 2.48. The third-order valence-corrected chi connectivity index (χ3v) is 5.46. The highest BCUT2D eigenvalue weighted by molar-refractivity contribution is 5.81. The third kappa shape index (κ3) is 4.33. The molecule has 4 rings (SSSR count). The van der Waals surface area contributed by atoms with E-state index in [-0.39, 0.29) is 18.1 Å². The van der Waals surface area contributed by atoms with Crippen molar-refractivity contribution >= 4 is 5.91 Å². The van der Waals surface area contributed by atoms with Crippen molar-refractivity contribution in [1.29, 1.82) is 0 Å². The lowest BCUT2D eigenvalue weighted by Crippen LogP contribution is -2.51. The molecule has 1 unspecified atom stereocenters. The molecule has 0 radical (unpaired) electrons. The summed E-state index contributed by atoms with van der Waals surface area (Å²) in [7, 11) is 2.02. The number of ether oxygens (including phenoxy) is 1. The van der Waals surface area contributed by atoms with Gasteiger partial charge in [0.25, 0.3) is 5.91 Å². The van der Waals surface area contributed by atoms with Crippen LogP contribution in [0.15, 0.2) is 31.0 Å². The van der Waals surface area contributed by atoms with Crippen LogP contribution in [-0.2, 0) is 9.53 Å². The van der Waals surface area contributed by atoms with E-state index in [0.29, 0.717) is 19.2 Å². The molecule has 144 valence electrons. The van der Waals surface area contributed by atoms with Crippen molar-refractivity contribution in [2.45, 2.75) is 43.9 Å². The van der Waals surface area contributed by atoms with E-state index >= 15 is 0 Å². The van der Waals surface area contributed by atoms with Crippen molar-refractivity contribution in [2.75, 3.05) is 26.7 Å². The molecular formula is C19H26N6O2. The molecule has 0 aromatic carbocycles. The van der Waals surface area contributed by atoms with E-state index in [1.54, 1.807) is 12.5 Å². The van der Waals surface area contributed by atoms with Gasteiger partial charge in [0.2, 0.25) is 0 Å². The fourth-order valence-corrected chi connectivity index (χ4v) is 3.85. The Morgan fingerprint density at radius 3 is 2.89 bits per heavy atom. The second-order valence-electron chi connectivity index (χ2n) is 7.44. The van der Waals surface area contributed by atoms with Crippen molar-refractivity contribution in [3.8, 4) is 11.3 Å².